The number of hydrogen-bond donors (Lipinski definition) is 1. The zero-order valence-corrected chi connectivity index (χ0v) is 13.8. The van der Waals surface area contributed by atoms with E-state index >= 15 is 0 Å². The van der Waals surface area contributed by atoms with E-state index in [1.54, 1.807) is 11.1 Å². The van der Waals surface area contributed by atoms with Crippen molar-refractivity contribution in [1.82, 2.24) is 5.32 Å². The fourth-order valence-corrected chi connectivity index (χ4v) is 4.19. The first-order valence-corrected chi connectivity index (χ1v) is 9.08. The molecule has 2 saturated carbocycles. The second-order valence-corrected chi connectivity index (χ2v) is 7.47. The van der Waals surface area contributed by atoms with Crippen LogP contribution in [0.15, 0.2) is 24.3 Å². The Balaban J connectivity index is 1.79. The molecule has 3 rings (SSSR count). The maximum Gasteiger partial charge on any atom is 0.00104 e. The van der Waals surface area contributed by atoms with Crippen molar-refractivity contribution in [3.63, 3.8) is 0 Å². The average molecular weight is 285 g/mol. The minimum atomic E-state index is 0.606. The summed E-state index contributed by atoms with van der Waals surface area (Å²) in [4.78, 5) is 0. The van der Waals surface area contributed by atoms with E-state index in [1.165, 1.54) is 51.5 Å². The van der Waals surface area contributed by atoms with Crippen LogP contribution in [0.2, 0.25) is 0 Å². The number of benzene rings is 1. The fraction of sp³-hybridized carbons (Fsp3) is 0.700. The molecule has 1 aromatic rings. The maximum absolute atomic E-state index is 3.69. The van der Waals surface area contributed by atoms with Crippen molar-refractivity contribution in [1.29, 1.82) is 0 Å². The predicted octanol–water partition coefficient (Wildman–Crippen LogP) is 5.23. The summed E-state index contributed by atoms with van der Waals surface area (Å²) in [6.45, 7) is 5.72. The molecule has 2 fully saturated rings. The number of hydrogen-bond acceptors (Lipinski definition) is 1. The van der Waals surface area contributed by atoms with Crippen LogP contribution < -0.4 is 5.32 Å². The standard InChI is InChI=1S/C20H31N/c1-15(2)21-14-17-8-3-4-12-19(17)20-13-6-5-11-18(20)16-9-7-10-16/h5-6,11,13,15-17,19,21H,3-4,7-10,12,14H2,1-2H3. The van der Waals surface area contributed by atoms with Gasteiger partial charge in [0.1, 0.15) is 0 Å². The summed E-state index contributed by atoms with van der Waals surface area (Å²) in [6.07, 6.45) is 9.91. The smallest absolute Gasteiger partial charge is 0.00104 e. The van der Waals surface area contributed by atoms with Gasteiger partial charge in [0.2, 0.25) is 0 Å². The summed E-state index contributed by atoms with van der Waals surface area (Å²) < 4.78 is 0. The van der Waals surface area contributed by atoms with E-state index in [1.807, 2.05) is 0 Å². The summed E-state index contributed by atoms with van der Waals surface area (Å²) in [7, 11) is 0. The highest BCUT2D eigenvalue weighted by Crippen LogP contribution is 2.44. The minimum Gasteiger partial charge on any atom is -0.314 e. The van der Waals surface area contributed by atoms with Crippen molar-refractivity contribution >= 4 is 0 Å². The Bertz CT molecular complexity index is 447. The van der Waals surface area contributed by atoms with E-state index in [9.17, 15) is 0 Å². The third kappa shape index (κ3) is 3.51. The summed E-state index contributed by atoms with van der Waals surface area (Å²) in [5.41, 5.74) is 3.38. The first-order valence-electron chi connectivity index (χ1n) is 9.08. The maximum atomic E-state index is 3.69. The van der Waals surface area contributed by atoms with Crippen LogP contribution in [0.5, 0.6) is 0 Å². The third-order valence-electron chi connectivity index (χ3n) is 5.64. The van der Waals surface area contributed by atoms with Gasteiger partial charge in [-0.25, -0.2) is 0 Å². The zero-order valence-electron chi connectivity index (χ0n) is 13.8. The van der Waals surface area contributed by atoms with Gasteiger partial charge in [-0.1, -0.05) is 57.4 Å². The van der Waals surface area contributed by atoms with Gasteiger partial charge in [-0.15, -0.1) is 0 Å². The van der Waals surface area contributed by atoms with Gasteiger partial charge in [-0.2, -0.15) is 0 Å². The van der Waals surface area contributed by atoms with Crippen molar-refractivity contribution in [3.8, 4) is 0 Å². The first-order chi connectivity index (χ1) is 10.3. The molecule has 116 valence electrons. The molecule has 1 nitrogen and oxygen atoms in total. The van der Waals surface area contributed by atoms with Gasteiger partial charge in [0.05, 0.1) is 0 Å². The van der Waals surface area contributed by atoms with Crippen LogP contribution in [0.4, 0.5) is 0 Å². The summed E-state index contributed by atoms with van der Waals surface area (Å²) in [6, 6.07) is 9.97. The van der Waals surface area contributed by atoms with E-state index in [0.717, 1.165) is 17.8 Å². The highest BCUT2D eigenvalue weighted by atomic mass is 14.9. The topological polar surface area (TPSA) is 12.0 Å². The second kappa shape index (κ2) is 6.96. The molecule has 0 saturated heterocycles. The Morgan fingerprint density at radius 2 is 1.67 bits per heavy atom. The molecule has 0 spiro atoms. The lowest BCUT2D eigenvalue weighted by Crippen LogP contribution is -2.33. The van der Waals surface area contributed by atoms with Gasteiger partial charge < -0.3 is 5.32 Å². The monoisotopic (exact) mass is 285 g/mol. The molecule has 0 radical (unpaired) electrons. The predicted molar refractivity (Wildman–Crippen MR) is 90.9 cm³/mol. The van der Waals surface area contributed by atoms with Gasteiger partial charge >= 0.3 is 0 Å². The Morgan fingerprint density at radius 1 is 0.952 bits per heavy atom. The van der Waals surface area contributed by atoms with E-state index in [2.05, 4.69) is 43.4 Å². The lowest BCUT2D eigenvalue weighted by atomic mass is 9.70. The Kier molecular flexibility index (Phi) is 5.00. The molecule has 2 atom stereocenters. The highest BCUT2D eigenvalue weighted by molar-refractivity contribution is 5.35. The molecule has 0 aromatic heterocycles. The van der Waals surface area contributed by atoms with Gasteiger partial charge in [0.15, 0.2) is 0 Å². The van der Waals surface area contributed by atoms with Crippen LogP contribution in [-0.2, 0) is 0 Å². The van der Waals surface area contributed by atoms with Crippen LogP contribution in [0, 0.1) is 5.92 Å². The van der Waals surface area contributed by atoms with E-state index < -0.39 is 0 Å². The van der Waals surface area contributed by atoms with Gasteiger partial charge in [-0.3, -0.25) is 0 Å². The van der Waals surface area contributed by atoms with E-state index in [-0.39, 0.29) is 0 Å². The molecule has 21 heavy (non-hydrogen) atoms. The van der Waals surface area contributed by atoms with Crippen molar-refractivity contribution < 1.29 is 0 Å². The number of rotatable bonds is 5. The first kappa shape index (κ1) is 15.1. The second-order valence-electron chi connectivity index (χ2n) is 7.47. The third-order valence-corrected chi connectivity index (χ3v) is 5.64. The lowest BCUT2D eigenvalue weighted by molar-refractivity contribution is 0.285. The van der Waals surface area contributed by atoms with Crippen molar-refractivity contribution in [2.75, 3.05) is 6.54 Å². The molecule has 2 unspecified atom stereocenters. The molecular weight excluding hydrogens is 254 g/mol. The Labute approximate surface area is 130 Å². The van der Waals surface area contributed by atoms with Crippen LogP contribution in [-0.4, -0.2) is 12.6 Å². The fourth-order valence-electron chi connectivity index (χ4n) is 4.19. The normalized spacial score (nSPS) is 26.8. The molecule has 2 aliphatic rings. The quantitative estimate of drug-likeness (QED) is 0.781. The molecule has 0 heterocycles. The molecule has 2 aliphatic carbocycles. The van der Waals surface area contributed by atoms with Crippen molar-refractivity contribution in [3.05, 3.63) is 35.4 Å². The van der Waals surface area contributed by atoms with Crippen LogP contribution in [0.1, 0.15) is 81.8 Å². The summed E-state index contributed by atoms with van der Waals surface area (Å²) >= 11 is 0. The SMILES string of the molecule is CC(C)NCC1CCCCC1c1ccccc1C1CCC1. The molecule has 1 heteroatoms. The molecule has 1 aromatic carbocycles. The molecule has 1 N–H and O–H groups in total. The van der Waals surface area contributed by atoms with E-state index in [4.69, 9.17) is 0 Å². The molecule has 0 amide bonds. The highest BCUT2D eigenvalue weighted by Gasteiger charge is 2.30. The van der Waals surface area contributed by atoms with Gasteiger partial charge in [-0.05, 0) is 61.1 Å². The molecular formula is C20H31N. The zero-order chi connectivity index (χ0) is 14.7. The van der Waals surface area contributed by atoms with Crippen LogP contribution >= 0.6 is 0 Å². The van der Waals surface area contributed by atoms with Crippen molar-refractivity contribution in [2.24, 2.45) is 5.92 Å². The average Bonchev–Trinajstić information content (AvgIpc) is 2.44. The van der Waals surface area contributed by atoms with Crippen LogP contribution in [0.3, 0.4) is 0 Å². The van der Waals surface area contributed by atoms with E-state index in [0.29, 0.717) is 6.04 Å². The minimum absolute atomic E-state index is 0.606. The van der Waals surface area contributed by atoms with Gasteiger partial charge in [0.25, 0.3) is 0 Å². The Morgan fingerprint density at radius 3 is 2.33 bits per heavy atom. The Hall–Kier alpha value is -0.820. The van der Waals surface area contributed by atoms with Gasteiger partial charge in [0, 0.05) is 6.04 Å². The molecule has 0 bridgehead atoms. The summed E-state index contributed by atoms with van der Waals surface area (Å²) in [5, 5.41) is 3.69. The molecule has 0 aliphatic heterocycles. The lowest BCUT2D eigenvalue weighted by Gasteiger charge is -2.36. The van der Waals surface area contributed by atoms with Crippen LogP contribution in [0.25, 0.3) is 0 Å². The largest absolute Gasteiger partial charge is 0.314 e. The number of nitrogens with one attached hydrogen (secondary N) is 1. The van der Waals surface area contributed by atoms with Crippen molar-refractivity contribution in [2.45, 2.75) is 76.7 Å². The summed E-state index contributed by atoms with van der Waals surface area (Å²) in [5.74, 6) is 2.49.